The largest absolute Gasteiger partial charge is 0.467 e. The highest BCUT2D eigenvalue weighted by molar-refractivity contribution is 7.09. The van der Waals surface area contributed by atoms with Crippen LogP contribution in [0.1, 0.15) is 35.5 Å². The fourth-order valence-electron chi connectivity index (χ4n) is 1.53. The Balaban J connectivity index is 1.86. The Labute approximate surface area is 104 Å². The second kappa shape index (κ2) is 5.44. The summed E-state index contributed by atoms with van der Waals surface area (Å²) in [7, 11) is 0. The van der Waals surface area contributed by atoms with Crippen molar-refractivity contribution in [2.45, 2.75) is 26.0 Å². The molecule has 2 aromatic rings. The van der Waals surface area contributed by atoms with Crippen molar-refractivity contribution in [3.8, 4) is 0 Å². The Morgan fingerprint density at radius 3 is 3.00 bits per heavy atom. The lowest BCUT2D eigenvalue weighted by atomic mass is 10.2. The van der Waals surface area contributed by atoms with Crippen LogP contribution in [0.3, 0.4) is 0 Å². The number of aliphatic hydroxyl groups is 1. The van der Waals surface area contributed by atoms with Gasteiger partial charge in [0, 0.05) is 17.6 Å². The minimum atomic E-state index is -0.617. The van der Waals surface area contributed by atoms with Crippen LogP contribution in [0.15, 0.2) is 28.2 Å². The number of rotatable bonds is 5. The van der Waals surface area contributed by atoms with Gasteiger partial charge in [0.1, 0.15) is 16.9 Å². The van der Waals surface area contributed by atoms with Gasteiger partial charge in [-0.2, -0.15) is 0 Å². The summed E-state index contributed by atoms with van der Waals surface area (Å²) in [6.07, 6.45) is 0.945. The number of aliphatic hydroxyl groups excluding tert-OH is 1. The van der Waals surface area contributed by atoms with E-state index in [0.29, 0.717) is 12.3 Å². The van der Waals surface area contributed by atoms with E-state index in [-0.39, 0.29) is 6.04 Å². The van der Waals surface area contributed by atoms with Crippen molar-refractivity contribution in [3.63, 3.8) is 0 Å². The van der Waals surface area contributed by atoms with Gasteiger partial charge in [-0.15, -0.1) is 11.3 Å². The Hall–Kier alpha value is -1.17. The highest BCUT2D eigenvalue weighted by Gasteiger charge is 2.14. The summed E-state index contributed by atoms with van der Waals surface area (Å²) in [5.41, 5.74) is 1.03. The summed E-state index contributed by atoms with van der Waals surface area (Å²) in [4.78, 5) is 4.40. The third-order valence-corrected chi connectivity index (χ3v) is 3.64. The molecule has 0 aliphatic rings. The first kappa shape index (κ1) is 12.3. The van der Waals surface area contributed by atoms with Crippen LogP contribution in [-0.2, 0) is 0 Å². The maximum atomic E-state index is 9.84. The van der Waals surface area contributed by atoms with E-state index in [1.807, 2.05) is 19.2 Å². The third kappa shape index (κ3) is 3.15. The van der Waals surface area contributed by atoms with Gasteiger partial charge in [0.2, 0.25) is 0 Å². The van der Waals surface area contributed by atoms with Crippen molar-refractivity contribution < 1.29 is 9.52 Å². The minimum Gasteiger partial charge on any atom is -0.467 e. The summed E-state index contributed by atoms with van der Waals surface area (Å²) < 4.78 is 5.13. The zero-order chi connectivity index (χ0) is 12.3. The van der Waals surface area contributed by atoms with Crippen molar-refractivity contribution in [2.24, 2.45) is 0 Å². The molecule has 0 spiro atoms. The quantitative estimate of drug-likeness (QED) is 0.858. The molecule has 0 radical (unpaired) electrons. The third-order valence-electron chi connectivity index (χ3n) is 2.50. The summed E-state index contributed by atoms with van der Waals surface area (Å²) in [6, 6.07) is 3.68. The summed E-state index contributed by atoms with van der Waals surface area (Å²) in [5.74, 6) is 0.583. The number of furan rings is 1. The monoisotopic (exact) mass is 252 g/mol. The second-order valence-corrected chi connectivity index (χ2v) is 4.88. The number of thiazole rings is 1. The number of aromatic nitrogens is 1. The topological polar surface area (TPSA) is 58.3 Å². The lowest BCUT2D eigenvalue weighted by Gasteiger charge is -2.13. The molecule has 92 valence electrons. The van der Waals surface area contributed by atoms with Crippen molar-refractivity contribution in [1.82, 2.24) is 10.3 Å². The van der Waals surface area contributed by atoms with Gasteiger partial charge in [-0.05, 0) is 26.0 Å². The fourth-order valence-corrected chi connectivity index (χ4v) is 2.36. The van der Waals surface area contributed by atoms with Gasteiger partial charge in [-0.25, -0.2) is 4.98 Å². The normalized spacial score (nSPS) is 14.8. The van der Waals surface area contributed by atoms with Crippen molar-refractivity contribution >= 4 is 11.3 Å². The van der Waals surface area contributed by atoms with Crippen LogP contribution in [0.5, 0.6) is 0 Å². The predicted molar refractivity (Wildman–Crippen MR) is 66.9 cm³/mol. The van der Waals surface area contributed by atoms with Crippen LogP contribution in [0.4, 0.5) is 0 Å². The summed E-state index contributed by atoms with van der Waals surface area (Å²) in [6.45, 7) is 4.46. The maximum absolute atomic E-state index is 9.84. The van der Waals surface area contributed by atoms with E-state index in [1.54, 1.807) is 29.7 Å². The molecule has 5 heteroatoms. The number of aryl methyl sites for hydroxylation is 1. The summed E-state index contributed by atoms with van der Waals surface area (Å²) in [5, 5.41) is 16.1. The highest BCUT2D eigenvalue weighted by atomic mass is 32.1. The van der Waals surface area contributed by atoms with E-state index in [9.17, 15) is 5.11 Å². The number of nitrogens with zero attached hydrogens (tertiary/aromatic N) is 1. The molecule has 0 aromatic carbocycles. The Morgan fingerprint density at radius 2 is 2.41 bits per heavy atom. The van der Waals surface area contributed by atoms with Gasteiger partial charge < -0.3 is 14.8 Å². The minimum absolute atomic E-state index is 0.137. The molecular weight excluding hydrogens is 236 g/mol. The van der Waals surface area contributed by atoms with E-state index in [1.165, 1.54) is 0 Å². The average Bonchev–Trinajstić information content (AvgIpc) is 2.95. The van der Waals surface area contributed by atoms with E-state index < -0.39 is 6.10 Å². The first-order chi connectivity index (χ1) is 8.16. The molecule has 0 aliphatic heterocycles. The number of nitrogens with one attached hydrogen (secondary N) is 1. The van der Waals surface area contributed by atoms with Gasteiger partial charge >= 0.3 is 0 Å². The van der Waals surface area contributed by atoms with Crippen molar-refractivity contribution in [3.05, 3.63) is 40.2 Å². The Kier molecular flexibility index (Phi) is 3.93. The molecule has 0 saturated carbocycles. The molecule has 0 bridgehead atoms. The molecule has 2 rings (SSSR count). The second-order valence-electron chi connectivity index (χ2n) is 3.99. The highest BCUT2D eigenvalue weighted by Crippen LogP contribution is 2.19. The summed E-state index contributed by atoms with van der Waals surface area (Å²) >= 11 is 1.63. The lowest BCUT2D eigenvalue weighted by Crippen LogP contribution is -2.24. The molecule has 2 heterocycles. The van der Waals surface area contributed by atoms with Gasteiger partial charge in [0.05, 0.1) is 12.3 Å². The first-order valence-corrected chi connectivity index (χ1v) is 6.41. The smallest absolute Gasteiger partial charge is 0.133 e. The van der Waals surface area contributed by atoms with Crippen LogP contribution in [0.25, 0.3) is 0 Å². The number of hydrogen-bond donors (Lipinski definition) is 2. The molecule has 0 aliphatic carbocycles. The van der Waals surface area contributed by atoms with E-state index in [0.717, 1.165) is 10.7 Å². The standard InChI is InChI=1S/C12H16N2O2S/c1-8-7-17-12(14-8)9(2)13-6-10(15)11-4-3-5-16-11/h3-5,7,9-10,13,15H,6H2,1-2H3. The average molecular weight is 252 g/mol. The zero-order valence-electron chi connectivity index (χ0n) is 9.88. The van der Waals surface area contributed by atoms with Crippen LogP contribution in [-0.4, -0.2) is 16.6 Å². The van der Waals surface area contributed by atoms with Crippen LogP contribution >= 0.6 is 11.3 Å². The van der Waals surface area contributed by atoms with Crippen molar-refractivity contribution in [2.75, 3.05) is 6.54 Å². The van der Waals surface area contributed by atoms with Crippen LogP contribution < -0.4 is 5.32 Å². The Bertz CT molecular complexity index is 453. The fraction of sp³-hybridized carbons (Fsp3) is 0.417. The molecule has 2 atom stereocenters. The SMILES string of the molecule is Cc1csc(C(C)NCC(O)c2ccco2)n1. The van der Waals surface area contributed by atoms with Crippen LogP contribution in [0, 0.1) is 6.92 Å². The zero-order valence-corrected chi connectivity index (χ0v) is 10.7. The van der Waals surface area contributed by atoms with Gasteiger partial charge in [-0.3, -0.25) is 0 Å². The molecule has 0 fully saturated rings. The molecule has 0 saturated heterocycles. The van der Waals surface area contributed by atoms with Crippen molar-refractivity contribution in [1.29, 1.82) is 0 Å². The molecular formula is C12H16N2O2S. The first-order valence-electron chi connectivity index (χ1n) is 5.53. The van der Waals surface area contributed by atoms with Gasteiger partial charge in [-0.1, -0.05) is 0 Å². The van der Waals surface area contributed by atoms with Gasteiger partial charge in [0.25, 0.3) is 0 Å². The maximum Gasteiger partial charge on any atom is 0.133 e. The molecule has 2 unspecified atom stereocenters. The molecule has 2 aromatic heterocycles. The van der Waals surface area contributed by atoms with Gasteiger partial charge in [0.15, 0.2) is 0 Å². The molecule has 4 nitrogen and oxygen atoms in total. The van der Waals surface area contributed by atoms with E-state index >= 15 is 0 Å². The van der Waals surface area contributed by atoms with E-state index in [2.05, 4.69) is 10.3 Å². The molecule has 17 heavy (non-hydrogen) atoms. The Morgan fingerprint density at radius 1 is 1.59 bits per heavy atom. The number of hydrogen-bond acceptors (Lipinski definition) is 5. The molecule has 2 N–H and O–H groups in total. The lowest BCUT2D eigenvalue weighted by molar-refractivity contribution is 0.144. The predicted octanol–water partition coefficient (Wildman–Crippen LogP) is 2.43. The van der Waals surface area contributed by atoms with Crippen LogP contribution in [0.2, 0.25) is 0 Å². The molecule has 0 amide bonds. The van der Waals surface area contributed by atoms with E-state index in [4.69, 9.17) is 4.42 Å².